The lowest BCUT2D eigenvalue weighted by atomic mass is 9.88. The lowest BCUT2D eigenvalue weighted by Gasteiger charge is -2.21. The van der Waals surface area contributed by atoms with E-state index in [1.54, 1.807) is 18.4 Å². The highest BCUT2D eigenvalue weighted by molar-refractivity contribution is 7.16. The van der Waals surface area contributed by atoms with Gasteiger partial charge < -0.3 is 10.5 Å². The number of rotatable bonds is 2. The van der Waals surface area contributed by atoms with Gasteiger partial charge in [-0.2, -0.15) is 5.26 Å². The van der Waals surface area contributed by atoms with Crippen LogP contribution in [0.4, 0.5) is 5.00 Å². The van der Waals surface area contributed by atoms with E-state index in [4.69, 9.17) is 15.7 Å². The van der Waals surface area contributed by atoms with Gasteiger partial charge in [0.05, 0.1) is 5.56 Å². The highest BCUT2D eigenvalue weighted by Gasteiger charge is 2.24. The standard InChI is InChI=1S/C11H14N2OS/c1-14-6-7-2-3-8-9(5-12)11(13)15-10(8)4-7/h7H,2-4,6,13H2,1H3. The maximum absolute atomic E-state index is 8.98. The number of nitrogen functional groups attached to an aromatic ring is 1. The minimum atomic E-state index is 0.590. The van der Waals surface area contributed by atoms with Crippen LogP contribution in [0.2, 0.25) is 0 Å². The van der Waals surface area contributed by atoms with E-state index in [-0.39, 0.29) is 0 Å². The molecule has 1 aromatic rings. The van der Waals surface area contributed by atoms with Crippen molar-refractivity contribution in [2.45, 2.75) is 19.3 Å². The Labute approximate surface area is 93.5 Å². The topological polar surface area (TPSA) is 59.0 Å². The van der Waals surface area contributed by atoms with Gasteiger partial charge in [-0.15, -0.1) is 11.3 Å². The van der Waals surface area contributed by atoms with Crippen molar-refractivity contribution < 1.29 is 4.74 Å². The van der Waals surface area contributed by atoms with Crippen LogP contribution in [0.25, 0.3) is 0 Å². The third-order valence-corrected chi connectivity index (χ3v) is 3.99. The largest absolute Gasteiger partial charge is 0.389 e. The second kappa shape index (κ2) is 4.21. The van der Waals surface area contributed by atoms with Crippen LogP contribution in [0.5, 0.6) is 0 Å². The van der Waals surface area contributed by atoms with E-state index in [1.165, 1.54) is 10.4 Å². The molecule has 0 bridgehead atoms. The molecular weight excluding hydrogens is 208 g/mol. The summed E-state index contributed by atoms with van der Waals surface area (Å²) in [5.74, 6) is 0.590. The van der Waals surface area contributed by atoms with E-state index >= 15 is 0 Å². The summed E-state index contributed by atoms with van der Waals surface area (Å²) in [5, 5.41) is 9.67. The SMILES string of the molecule is COCC1CCc2c(sc(N)c2C#N)C1. The monoisotopic (exact) mass is 222 g/mol. The van der Waals surface area contributed by atoms with E-state index < -0.39 is 0 Å². The second-order valence-corrected chi connectivity index (χ2v) is 5.06. The fourth-order valence-electron chi connectivity index (χ4n) is 2.18. The molecule has 15 heavy (non-hydrogen) atoms. The number of anilines is 1. The number of nitrogens with two attached hydrogens (primary N) is 1. The fourth-order valence-corrected chi connectivity index (χ4v) is 3.36. The first kappa shape index (κ1) is 10.5. The third kappa shape index (κ3) is 1.85. The summed E-state index contributed by atoms with van der Waals surface area (Å²) in [4.78, 5) is 1.29. The lowest BCUT2D eigenvalue weighted by Crippen LogP contribution is -2.17. The van der Waals surface area contributed by atoms with Gasteiger partial charge in [-0.05, 0) is 30.7 Å². The average molecular weight is 222 g/mol. The highest BCUT2D eigenvalue weighted by atomic mass is 32.1. The second-order valence-electron chi connectivity index (χ2n) is 3.92. The van der Waals surface area contributed by atoms with E-state index in [1.807, 2.05) is 0 Å². The quantitative estimate of drug-likeness (QED) is 0.832. The van der Waals surface area contributed by atoms with Gasteiger partial charge in [0.1, 0.15) is 11.1 Å². The van der Waals surface area contributed by atoms with E-state index in [9.17, 15) is 0 Å². The van der Waals surface area contributed by atoms with Gasteiger partial charge in [0.15, 0.2) is 0 Å². The first-order valence-electron chi connectivity index (χ1n) is 5.05. The van der Waals surface area contributed by atoms with Crippen LogP contribution in [0, 0.1) is 17.2 Å². The minimum absolute atomic E-state index is 0.590. The molecule has 1 atom stereocenters. The van der Waals surface area contributed by atoms with E-state index in [0.717, 1.165) is 25.9 Å². The summed E-state index contributed by atoms with van der Waals surface area (Å²) in [7, 11) is 1.74. The smallest absolute Gasteiger partial charge is 0.104 e. The van der Waals surface area contributed by atoms with Crippen LogP contribution in [0.1, 0.15) is 22.4 Å². The molecule has 80 valence electrons. The maximum atomic E-state index is 8.98. The average Bonchev–Trinajstić information content (AvgIpc) is 2.53. The first-order valence-corrected chi connectivity index (χ1v) is 5.87. The Morgan fingerprint density at radius 1 is 1.67 bits per heavy atom. The van der Waals surface area contributed by atoms with Gasteiger partial charge in [0.2, 0.25) is 0 Å². The van der Waals surface area contributed by atoms with Crippen molar-refractivity contribution in [2.75, 3.05) is 19.5 Å². The molecule has 1 unspecified atom stereocenters. The summed E-state index contributed by atoms with van der Waals surface area (Å²) in [6.07, 6.45) is 3.09. The molecule has 1 heterocycles. The minimum Gasteiger partial charge on any atom is -0.389 e. The Bertz CT molecular complexity index is 405. The van der Waals surface area contributed by atoms with Crippen LogP contribution in [-0.4, -0.2) is 13.7 Å². The number of nitriles is 1. The van der Waals surface area contributed by atoms with Crippen LogP contribution < -0.4 is 5.73 Å². The zero-order valence-electron chi connectivity index (χ0n) is 8.75. The molecule has 3 nitrogen and oxygen atoms in total. The van der Waals surface area contributed by atoms with E-state index in [0.29, 0.717) is 16.5 Å². The molecule has 1 aromatic heterocycles. The van der Waals surface area contributed by atoms with Crippen molar-refractivity contribution in [1.82, 2.24) is 0 Å². The molecule has 0 radical (unpaired) electrons. The summed E-state index contributed by atoms with van der Waals surface area (Å²) in [5.41, 5.74) is 7.72. The molecule has 2 N–H and O–H groups in total. The number of thiophene rings is 1. The molecule has 1 aliphatic rings. The van der Waals surface area contributed by atoms with Crippen molar-refractivity contribution in [2.24, 2.45) is 5.92 Å². The molecule has 0 amide bonds. The summed E-state index contributed by atoms with van der Waals surface area (Å²) in [6.45, 7) is 0.805. The number of hydrogen-bond acceptors (Lipinski definition) is 4. The highest BCUT2D eigenvalue weighted by Crippen LogP contribution is 2.37. The number of fused-ring (bicyclic) bond motifs is 1. The molecule has 0 aromatic carbocycles. The molecular formula is C11H14N2OS. The van der Waals surface area contributed by atoms with Gasteiger partial charge in [-0.25, -0.2) is 0 Å². The first-order chi connectivity index (χ1) is 7.26. The Morgan fingerprint density at radius 3 is 3.13 bits per heavy atom. The third-order valence-electron chi connectivity index (χ3n) is 2.91. The van der Waals surface area contributed by atoms with Crippen molar-refractivity contribution in [3.63, 3.8) is 0 Å². The van der Waals surface area contributed by atoms with Crippen molar-refractivity contribution in [3.8, 4) is 6.07 Å². The fraction of sp³-hybridized carbons (Fsp3) is 0.545. The predicted molar refractivity (Wildman–Crippen MR) is 60.8 cm³/mol. The molecule has 0 saturated carbocycles. The number of ether oxygens (including phenoxy) is 1. The molecule has 4 heteroatoms. The summed E-state index contributed by atoms with van der Waals surface area (Å²) in [6, 6.07) is 2.20. The van der Waals surface area contributed by atoms with Crippen LogP contribution >= 0.6 is 11.3 Å². The Morgan fingerprint density at radius 2 is 2.47 bits per heavy atom. The predicted octanol–water partition coefficient (Wildman–Crippen LogP) is 1.95. The van der Waals surface area contributed by atoms with Gasteiger partial charge in [-0.1, -0.05) is 0 Å². The summed E-state index contributed by atoms with van der Waals surface area (Å²) < 4.78 is 5.17. The summed E-state index contributed by atoms with van der Waals surface area (Å²) >= 11 is 1.57. The Kier molecular flexibility index (Phi) is 2.94. The van der Waals surface area contributed by atoms with Gasteiger partial charge in [-0.3, -0.25) is 0 Å². The molecule has 0 spiro atoms. The molecule has 2 rings (SSSR count). The Hall–Kier alpha value is -1.05. The lowest BCUT2D eigenvalue weighted by molar-refractivity contribution is 0.145. The van der Waals surface area contributed by atoms with E-state index in [2.05, 4.69) is 6.07 Å². The van der Waals surface area contributed by atoms with Gasteiger partial charge in [0.25, 0.3) is 0 Å². The van der Waals surface area contributed by atoms with Crippen LogP contribution in [0.3, 0.4) is 0 Å². The zero-order chi connectivity index (χ0) is 10.8. The van der Waals surface area contributed by atoms with Crippen molar-refractivity contribution >= 4 is 16.3 Å². The van der Waals surface area contributed by atoms with Gasteiger partial charge >= 0.3 is 0 Å². The zero-order valence-corrected chi connectivity index (χ0v) is 9.56. The maximum Gasteiger partial charge on any atom is 0.104 e. The van der Waals surface area contributed by atoms with Crippen molar-refractivity contribution in [3.05, 3.63) is 16.0 Å². The number of hydrogen-bond donors (Lipinski definition) is 1. The van der Waals surface area contributed by atoms with Crippen molar-refractivity contribution in [1.29, 1.82) is 5.26 Å². The molecule has 0 aliphatic heterocycles. The van der Waals surface area contributed by atoms with Crippen LogP contribution in [0.15, 0.2) is 0 Å². The molecule has 1 aliphatic carbocycles. The van der Waals surface area contributed by atoms with Crippen LogP contribution in [-0.2, 0) is 17.6 Å². The molecule has 0 saturated heterocycles. The normalized spacial score (nSPS) is 19.6. The van der Waals surface area contributed by atoms with Gasteiger partial charge in [0, 0.05) is 18.6 Å². The molecule has 0 fully saturated rings. The number of nitrogens with zero attached hydrogens (tertiary/aromatic N) is 1. The Balaban J connectivity index is 2.25. The number of methoxy groups -OCH3 is 1.